The average molecular weight is 339 g/mol. The fourth-order valence-corrected chi connectivity index (χ4v) is 2.34. The lowest BCUT2D eigenvalue weighted by Gasteiger charge is -2.08. The van der Waals surface area contributed by atoms with E-state index in [-0.39, 0.29) is 5.56 Å². The monoisotopic (exact) mass is 339 g/mol. The lowest BCUT2D eigenvalue weighted by Crippen LogP contribution is -2.22. The van der Waals surface area contributed by atoms with E-state index in [1.54, 1.807) is 4.57 Å². The van der Waals surface area contributed by atoms with Crippen molar-refractivity contribution in [1.29, 1.82) is 0 Å². The number of halogens is 1. The van der Waals surface area contributed by atoms with Gasteiger partial charge < -0.3 is 4.57 Å². The first kappa shape index (κ1) is 12.4. The summed E-state index contributed by atoms with van der Waals surface area (Å²) in [6.07, 6.45) is 1.87. The van der Waals surface area contributed by atoms with E-state index in [4.69, 9.17) is 0 Å². The van der Waals surface area contributed by atoms with Crippen molar-refractivity contribution in [1.82, 2.24) is 4.57 Å². The minimum atomic E-state index is 0.101. The first-order valence-corrected chi connectivity index (χ1v) is 6.57. The van der Waals surface area contributed by atoms with E-state index in [2.05, 4.69) is 28.7 Å². The molecule has 0 radical (unpaired) electrons. The van der Waals surface area contributed by atoms with Crippen molar-refractivity contribution >= 4 is 22.6 Å². The summed E-state index contributed by atoms with van der Waals surface area (Å²) in [6, 6.07) is 10.2. The molecular formula is C14H14INO. The lowest BCUT2D eigenvalue weighted by molar-refractivity contribution is 0.749. The highest BCUT2D eigenvalue weighted by molar-refractivity contribution is 14.1. The van der Waals surface area contributed by atoms with Crippen molar-refractivity contribution in [2.24, 2.45) is 0 Å². The molecule has 2 rings (SSSR count). The zero-order valence-corrected chi connectivity index (χ0v) is 12.1. The Hall–Kier alpha value is -1.10. The number of pyridine rings is 1. The molecule has 0 saturated carbocycles. The van der Waals surface area contributed by atoms with E-state index in [0.29, 0.717) is 6.54 Å². The second kappa shape index (κ2) is 5.04. The summed E-state index contributed by atoms with van der Waals surface area (Å²) in [5, 5.41) is 0. The maximum Gasteiger partial charge on any atom is 0.254 e. The summed E-state index contributed by atoms with van der Waals surface area (Å²) in [6.45, 7) is 4.48. The van der Waals surface area contributed by atoms with Crippen molar-refractivity contribution in [2.75, 3.05) is 0 Å². The van der Waals surface area contributed by atoms with Crippen LogP contribution in [-0.2, 0) is 6.54 Å². The van der Waals surface area contributed by atoms with E-state index in [9.17, 15) is 4.79 Å². The minimum Gasteiger partial charge on any atom is -0.311 e. The molecule has 1 aromatic carbocycles. The van der Waals surface area contributed by atoms with Gasteiger partial charge in [0.05, 0.1) is 6.54 Å². The molecule has 1 aromatic heterocycles. The summed E-state index contributed by atoms with van der Waals surface area (Å²) in [5.74, 6) is 0. The molecule has 0 aliphatic heterocycles. The maximum absolute atomic E-state index is 12.0. The van der Waals surface area contributed by atoms with Gasteiger partial charge in [0.25, 0.3) is 5.56 Å². The third kappa shape index (κ3) is 2.77. The molecule has 0 N–H and O–H groups in total. The predicted octanol–water partition coefficient (Wildman–Crippen LogP) is 3.12. The van der Waals surface area contributed by atoms with Crippen LogP contribution in [0.2, 0.25) is 0 Å². The Kier molecular flexibility index (Phi) is 3.66. The molecule has 0 saturated heterocycles. The fourth-order valence-electron chi connectivity index (χ4n) is 1.74. The standard InChI is InChI=1S/C14H14INO/c1-10-6-7-16(14(17)11(10)2)9-12-4-3-5-13(15)8-12/h3-8H,9H2,1-2H3. The number of hydrogen-bond acceptors (Lipinski definition) is 1. The van der Waals surface area contributed by atoms with E-state index >= 15 is 0 Å². The van der Waals surface area contributed by atoms with E-state index < -0.39 is 0 Å². The molecule has 0 bridgehead atoms. The second-order valence-electron chi connectivity index (χ2n) is 4.19. The average Bonchev–Trinajstić information content (AvgIpc) is 2.30. The molecular weight excluding hydrogens is 325 g/mol. The van der Waals surface area contributed by atoms with Crippen LogP contribution in [0.15, 0.2) is 41.3 Å². The Morgan fingerprint density at radius 3 is 2.71 bits per heavy atom. The molecule has 2 aromatic rings. The van der Waals surface area contributed by atoms with Gasteiger partial charge in [0.2, 0.25) is 0 Å². The Labute approximate surface area is 114 Å². The summed E-state index contributed by atoms with van der Waals surface area (Å²) in [4.78, 5) is 12.0. The zero-order valence-electron chi connectivity index (χ0n) is 9.90. The van der Waals surface area contributed by atoms with Crippen LogP contribution >= 0.6 is 22.6 Å². The number of hydrogen-bond donors (Lipinski definition) is 0. The molecule has 2 nitrogen and oxygen atoms in total. The fraction of sp³-hybridized carbons (Fsp3) is 0.214. The smallest absolute Gasteiger partial charge is 0.254 e. The van der Waals surface area contributed by atoms with Gasteiger partial charge in [-0.05, 0) is 65.8 Å². The van der Waals surface area contributed by atoms with Crippen LogP contribution in [0.3, 0.4) is 0 Å². The van der Waals surface area contributed by atoms with Gasteiger partial charge in [0.1, 0.15) is 0 Å². The molecule has 0 fully saturated rings. The SMILES string of the molecule is Cc1ccn(Cc2cccc(I)c2)c(=O)c1C. The summed E-state index contributed by atoms with van der Waals surface area (Å²) < 4.78 is 2.95. The second-order valence-corrected chi connectivity index (χ2v) is 5.43. The number of benzene rings is 1. The van der Waals surface area contributed by atoms with Gasteiger partial charge in [-0.1, -0.05) is 12.1 Å². The molecule has 0 atom stereocenters. The normalized spacial score (nSPS) is 10.5. The molecule has 0 amide bonds. The highest BCUT2D eigenvalue weighted by Gasteiger charge is 2.03. The van der Waals surface area contributed by atoms with Crippen molar-refractivity contribution in [3.8, 4) is 0 Å². The van der Waals surface area contributed by atoms with Crippen LogP contribution in [-0.4, -0.2) is 4.57 Å². The number of aryl methyl sites for hydroxylation is 1. The van der Waals surface area contributed by atoms with Crippen LogP contribution in [0.25, 0.3) is 0 Å². The topological polar surface area (TPSA) is 22.0 Å². The van der Waals surface area contributed by atoms with Gasteiger partial charge >= 0.3 is 0 Å². The van der Waals surface area contributed by atoms with Gasteiger partial charge in [-0.25, -0.2) is 0 Å². The Morgan fingerprint density at radius 2 is 2.00 bits per heavy atom. The van der Waals surface area contributed by atoms with Crippen molar-refractivity contribution in [3.05, 3.63) is 67.1 Å². The van der Waals surface area contributed by atoms with Gasteiger partial charge in [-0.15, -0.1) is 0 Å². The van der Waals surface area contributed by atoms with Gasteiger partial charge in [-0.2, -0.15) is 0 Å². The molecule has 3 heteroatoms. The molecule has 0 spiro atoms. The molecule has 1 heterocycles. The van der Waals surface area contributed by atoms with Crippen LogP contribution < -0.4 is 5.56 Å². The van der Waals surface area contributed by atoms with Crippen LogP contribution in [0.4, 0.5) is 0 Å². The first-order chi connectivity index (χ1) is 8.08. The quantitative estimate of drug-likeness (QED) is 0.771. The Bertz CT molecular complexity index is 601. The highest BCUT2D eigenvalue weighted by Crippen LogP contribution is 2.09. The van der Waals surface area contributed by atoms with E-state index in [1.807, 2.05) is 44.3 Å². The third-order valence-corrected chi connectivity index (χ3v) is 3.59. The third-order valence-electron chi connectivity index (χ3n) is 2.92. The number of nitrogens with zero attached hydrogens (tertiary/aromatic N) is 1. The van der Waals surface area contributed by atoms with Gasteiger partial charge in [0.15, 0.2) is 0 Å². The van der Waals surface area contributed by atoms with Crippen molar-refractivity contribution < 1.29 is 0 Å². The lowest BCUT2D eigenvalue weighted by atomic mass is 10.1. The minimum absolute atomic E-state index is 0.101. The van der Waals surface area contributed by atoms with Crippen molar-refractivity contribution in [2.45, 2.75) is 20.4 Å². The maximum atomic E-state index is 12.0. The summed E-state index contributed by atoms with van der Waals surface area (Å²) >= 11 is 2.28. The highest BCUT2D eigenvalue weighted by atomic mass is 127. The largest absolute Gasteiger partial charge is 0.311 e. The van der Waals surface area contributed by atoms with Gasteiger partial charge in [0, 0.05) is 15.3 Å². The van der Waals surface area contributed by atoms with Crippen LogP contribution in [0.5, 0.6) is 0 Å². The first-order valence-electron chi connectivity index (χ1n) is 5.49. The molecule has 0 unspecified atom stereocenters. The number of rotatable bonds is 2. The van der Waals surface area contributed by atoms with E-state index in [1.165, 1.54) is 3.57 Å². The molecule has 88 valence electrons. The van der Waals surface area contributed by atoms with E-state index in [0.717, 1.165) is 16.7 Å². The van der Waals surface area contributed by atoms with Crippen LogP contribution in [0.1, 0.15) is 16.7 Å². The Morgan fingerprint density at radius 1 is 1.24 bits per heavy atom. The summed E-state index contributed by atoms with van der Waals surface area (Å²) in [5.41, 5.74) is 3.14. The Balaban J connectivity index is 2.37. The van der Waals surface area contributed by atoms with Crippen LogP contribution in [0, 0.1) is 17.4 Å². The summed E-state index contributed by atoms with van der Waals surface area (Å²) in [7, 11) is 0. The predicted molar refractivity (Wildman–Crippen MR) is 78.4 cm³/mol. The molecule has 17 heavy (non-hydrogen) atoms. The zero-order chi connectivity index (χ0) is 12.4. The molecule has 0 aliphatic carbocycles. The number of aromatic nitrogens is 1. The molecule has 0 aliphatic rings. The van der Waals surface area contributed by atoms with Crippen molar-refractivity contribution in [3.63, 3.8) is 0 Å². The van der Waals surface area contributed by atoms with Gasteiger partial charge in [-0.3, -0.25) is 4.79 Å².